The summed E-state index contributed by atoms with van der Waals surface area (Å²) in [6, 6.07) is 0. The summed E-state index contributed by atoms with van der Waals surface area (Å²) in [5.74, 6) is 2.07. The molecule has 2 aliphatic rings. The lowest BCUT2D eigenvalue weighted by molar-refractivity contribution is 0.247. The minimum atomic E-state index is 0.0219. The molecule has 0 atom stereocenters. The van der Waals surface area contributed by atoms with Crippen LogP contribution in [0.25, 0.3) is 0 Å². The van der Waals surface area contributed by atoms with E-state index in [0.717, 1.165) is 24.4 Å². The second-order valence-corrected chi connectivity index (χ2v) is 4.97. The molecule has 90 valence electrons. The Kier molecular flexibility index (Phi) is 3.10. The van der Waals surface area contributed by atoms with Gasteiger partial charge in [-0.05, 0) is 19.4 Å². The zero-order valence-electron chi connectivity index (χ0n) is 10.9. The van der Waals surface area contributed by atoms with Gasteiger partial charge in [0.25, 0.3) is 0 Å². The van der Waals surface area contributed by atoms with Crippen molar-refractivity contribution < 1.29 is 4.74 Å². The summed E-state index contributed by atoms with van der Waals surface area (Å²) in [7, 11) is 0. The van der Waals surface area contributed by atoms with Gasteiger partial charge in [0.2, 0.25) is 0 Å². The standard InChI is InChI=1S/C16H20O/c1-5-9-14-12(6-2)16(3,4)13-10-7-8-11-15(13)17-14/h5-7,9-10H,1,8,11H2,2-4H3/b12-6+,14-9+. The normalized spacial score (nSPS) is 27.0. The first-order valence-electron chi connectivity index (χ1n) is 6.19. The molecule has 1 nitrogen and oxygen atoms in total. The summed E-state index contributed by atoms with van der Waals surface area (Å²) in [6.07, 6.45) is 12.4. The summed E-state index contributed by atoms with van der Waals surface area (Å²) < 4.78 is 6.02. The van der Waals surface area contributed by atoms with E-state index in [2.05, 4.69) is 45.6 Å². The van der Waals surface area contributed by atoms with Crippen molar-refractivity contribution in [3.05, 3.63) is 59.6 Å². The highest BCUT2D eigenvalue weighted by Gasteiger charge is 2.37. The summed E-state index contributed by atoms with van der Waals surface area (Å²) >= 11 is 0. The van der Waals surface area contributed by atoms with E-state index >= 15 is 0 Å². The van der Waals surface area contributed by atoms with Crippen LogP contribution in [0.2, 0.25) is 0 Å². The molecule has 0 radical (unpaired) electrons. The topological polar surface area (TPSA) is 9.23 Å². The highest BCUT2D eigenvalue weighted by atomic mass is 16.5. The maximum atomic E-state index is 6.02. The molecule has 0 saturated carbocycles. The van der Waals surface area contributed by atoms with Gasteiger partial charge in [-0.2, -0.15) is 0 Å². The van der Waals surface area contributed by atoms with E-state index in [0.29, 0.717) is 0 Å². The van der Waals surface area contributed by atoms with E-state index in [1.165, 1.54) is 11.1 Å². The van der Waals surface area contributed by atoms with Crippen LogP contribution in [-0.2, 0) is 4.74 Å². The maximum Gasteiger partial charge on any atom is 0.130 e. The van der Waals surface area contributed by atoms with Crippen molar-refractivity contribution in [3.63, 3.8) is 0 Å². The van der Waals surface area contributed by atoms with Crippen molar-refractivity contribution in [3.8, 4) is 0 Å². The van der Waals surface area contributed by atoms with Crippen LogP contribution in [0.3, 0.4) is 0 Å². The van der Waals surface area contributed by atoms with E-state index in [1.807, 2.05) is 6.08 Å². The summed E-state index contributed by atoms with van der Waals surface area (Å²) in [5.41, 5.74) is 2.58. The number of allylic oxidation sites excluding steroid dienone is 8. The van der Waals surface area contributed by atoms with Gasteiger partial charge in [-0.25, -0.2) is 0 Å². The van der Waals surface area contributed by atoms with Crippen molar-refractivity contribution in [2.45, 2.75) is 33.6 Å². The molecule has 0 bridgehead atoms. The van der Waals surface area contributed by atoms with Gasteiger partial charge >= 0.3 is 0 Å². The summed E-state index contributed by atoms with van der Waals surface area (Å²) in [5, 5.41) is 0. The van der Waals surface area contributed by atoms with Crippen LogP contribution in [-0.4, -0.2) is 0 Å². The largest absolute Gasteiger partial charge is 0.461 e. The monoisotopic (exact) mass is 228 g/mol. The molecule has 0 unspecified atom stereocenters. The molecule has 17 heavy (non-hydrogen) atoms. The molecule has 0 saturated heterocycles. The smallest absolute Gasteiger partial charge is 0.130 e. The molecule has 1 heteroatoms. The fourth-order valence-electron chi connectivity index (χ4n) is 2.68. The molecule has 1 heterocycles. The van der Waals surface area contributed by atoms with Crippen molar-refractivity contribution in [1.82, 2.24) is 0 Å². The van der Waals surface area contributed by atoms with Gasteiger partial charge in [0.15, 0.2) is 0 Å². The van der Waals surface area contributed by atoms with Gasteiger partial charge in [-0.1, -0.05) is 44.7 Å². The van der Waals surface area contributed by atoms with Crippen LogP contribution >= 0.6 is 0 Å². The maximum absolute atomic E-state index is 6.02. The second kappa shape index (κ2) is 4.40. The third kappa shape index (κ3) is 1.90. The lowest BCUT2D eigenvalue weighted by Crippen LogP contribution is -2.27. The van der Waals surface area contributed by atoms with Crippen molar-refractivity contribution in [2.75, 3.05) is 0 Å². The van der Waals surface area contributed by atoms with Gasteiger partial charge in [0.05, 0.1) is 0 Å². The van der Waals surface area contributed by atoms with Crippen LogP contribution in [0, 0.1) is 5.41 Å². The molecule has 1 aliphatic carbocycles. The van der Waals surface area contributed by atoms with E-state index in [-0.39, 0.29) is 5.41 Å². The molecule has 0 aromatic carbocycles. The Morgan fingerprint density at radius 3 is 2.82 bits per heavy atom. The Bertz CT molecular complexity index is 456. The summed E-state index contributed by atoms with van der Waals surface area (Å²) in [6.45, 7) is 10.3. The third-order valence-electron chi connectivity index (χ3n) is 3.53. The Labute approximate surface area is 104 Å². The first-order valence-corrected chi connectivity index (χ1v) is 6.19. The quantitative estimate of drug-likeness (QED) is 0.634. The van der Waals surface area contributed by atoms with Crippen LogP contribution in [0.5, 0.6) is 0 Å². The van der Waals surface area contributed by atoms with Gasteiger partial charge in [0.1, 0.15) is 11.5 Å². The Balaban J connectivity index is 2.57. The molecule has 0 aromatic rings. The molecule has 1 aliphatic heterocycles. The minimum absolute atomic E-state index is 0.0219. The van der Waals surface area contributed by atoms with Gasteiger partial charge in [-0.15, -0.1) is 0 Å². The van der Waals surface area contributed by atoms with Gasteiger partial charge in [0, 0.05) is 23.0 Å². The number of rotatable bonds is 1. The van der Waals surface area contributed by atoms with Gasteiger partial charge in [-0.3, -0.25) is 0 Å². The highest BCUT2D eigenvalue weighted by molar-refractivity contribution is 5.49. The lowest BCUT2D eigenvalue weighted by atomic mass is 9.72. The molecular formula is C16H20O. The summed E-state index contributed by atoms with van der Waals surface area (Å²) in [4.78, 5) is 0. The molecule has 0 fully saturated rings. The highest BCUT2D eigenvalue weighted by Crippen LogP contribution is 2.48. The predicted octanol–water partition coefficient (Wildman–Crippen LogP) is 4.66. The fraction of sp³-hybridized carbons (Fsp3) is 0.375. The molecular weight excluding hydrogens is 208 g/mol. The van der Waals surface area contributed by atoms with Gasteiger partial charge < -0.3 is 4.74 Å². The van der Waals surface area contributed by atoms with Crippen molar-refractivity contribution in [2.24, 2.45) is 5.41 Å². The molecule has 2 rings (SSSR count). The zero-order chi connectivity index (χ0) is 12.5. The average Bonchev–Trinajstić information content (AvgIpc) is 2.29. The first-order chi connectivity index (χ1) is 8.11. The first kappa shape index (κ1) is 12.0. The average molecular weight is 228 g/mol. The minimum Gasteiger partial charge on any atom is -0.461 e. The zero-order valence-corrected chi connectivity index (χ0v) is 10.9. The molecule has 0 spiro atoms. The predicted molar refractivity (Wildman–Crippen MR) is 72.3 cm³/mol. The Morgan fingerprint density at radius 2 is 2.18 bits per heavy atom. The molecule has 0 amide bonds. The van der Waals surface area contributed by atoms with Crippen LogP contribution < -0.4 is 0 Å². The van der Waals surface area contributed by atoms with Crippen LogP contribution in [0.1, 0.15) is 33.6 Å². The van der Waals surface area contributed by atoms with Crippen LogP contribution in [0.15, 0.2) is 59.6 Å². The van der Waals surface area contributed by atoms with E-state index in [1.54, 1.807) is 6.08 Å². The number of hydrogen-bond acceptors (Lipinski definition) is 1. The van der Waals surface area contributed by atoms with E-state index < -0.39 is 0 Å². The third-order valence-corrected chi connectivity index (χ3v) is 3.53. The van der Waals surface area contributed by atoms with Crippen LogP contribution in [0.4, 0.5) is 0 Å². The van der Waals surface area contributed by atoms with Crippen molar-refractivity contribution in [1.29, 1.82) is 0 Å². The number of ether oxygens (including phenoxy) is 1. The SMILES string of the molecule is C=C/C=C1/OC2=C(C=CCC2)C(C)(C)/C1=C/C. The second-order valence-electron chi connectivity index (χ2n) is 4.97. The Hall–Kier alpha value is -1.50. The number of hydrogen-bond donors (Lipinski definition) is 0. The Morgan fingerprint density at radius 1 is 1.41 bits per heavy atom. The molecule has 0 N–H and O–H groups in total. The van der Waals surface area contributed by atoms with E-state index in [4.69, 9.17) is 4.74 Å². The fourth-order valence-corrected chi connectivity index (χ4v) is 2.68. The lowest BCUT2D eigenvalue weighted by Gasteiger charge is -2.38. The molecule has 0 aromatic heterocycles. The van der Waals surface area contributed by atoms with Crippen molar-refractivity contribution >= 4 is 0 Å². The van der Waals surface area contributed by atoms with E-state index in [9.17, 15) is 0 Å².